The largest absolute Gasteiger partial charge is 0.347 e. The molecule has 0 bridgehead atoms. The first-order valence-corrected chi connectivity index (χ1v) is 7.38. The van der Waals surface area contributed by atoms with Crippen molar-refractivity contribution in [3.8, 4) is 0 Å². The lowest BCUT2D eigenvalue weighted by Crippen LogP contribution is -2.60. The Balaban J connectivity index is 2.04. The number of rotatable bonds is 2. The normalized spacial score (nSPS) is 27.8. The fourth-order valence-electron chi connectivity index (χ4n) is 3.27. The number of likely N-dealkylation sites (N-methyl/N-ethyl adjacent to an activating group) is 1. The molecule has 0 aromatic carbocycles. The van der Waals surface area contributed by atoms with E-state index in [1.165, 1.54) is 38.5 Å². The smallest absolute Gasteiger partial charge is 0.240 e. The molecule has 1 atom stereocenters. The van der Waals surface area contributed by atoms with Crippen LogP contribution in [-0.4, -0.2) is 61.5 Å². The maximum atomic E-state index is 12.3. The molecule has 4 nitrogen and oxygen atoms in total. The number of nitrogens with zero attached hydrogens (tertiary/aromatic N) is 2. The summed E-state index contributed by atoms with van der Waals surface area (Å²) in [5.41, 5.74) is 0. The van der Waals surface area contributed by atoms with Gasteiger partial charge in [-0.25, -0.2) is 0 Å². The third-order valence-electron chi connectivity index (χ3n) is 4.30. The zero-order valence-corrected chi connectivity index (χ0v) is 11.8. The molecular formula is C14H27N3O. The number of hydrogen-bond donors (Lipinski definition) is 1. The van der Waals surface area contributed by atoms with Crippen LogP contribution in [0.5, 0.6) is 0 Å². The van der Waals surface area contributed by atoms with E-state index in [0.717, 1.165) is 19.6 Å². The highest BCUT2D eigenvalue weighted by molar-refractivity contribution is 5.81. The van der Waals surface area contributed by atoms with Gasteiger partial charge in [-0.15, -0.1) is 0 Å². The summed E-state index contributed by atoms with van der Waals surface area (Å²) in [6, 6.07) is 0.681. The van der Waals surface area contributed by atoms with Crippen LogP contribution < -0.4 is 5.32 Å². The van der Waals surface area contributed by atoms with Gasteiger partial charge in [0.05, 0.1) is 0 Å². The van der Waals surface area contributed by atoms with Gasteiger partial charge in [0.15, 0.2) is 0 Å². The lowest BCUT2D eigenvalue weighted by Gasteiger charge is -2.41. The van der Waals surface area contributed by atoms with Crippen LogP contribution in [0, 0.1) is 0 Å². The Bertz CT molecular complexity index is 272. The molecular weight excluding hydrogens is 226 g/mol. The minimum atomic E-state index is 0.0526. The molecule has 0 aromatic rings. The van der Waals surface area contributed by atoms with Crippen LogP contribution in [0.2, 0.25) is 0 Å². The van der Waals surface area contributed by atoms with E-state index in [1.807, 2.05) is 14.1 Å². The highest BCUT2D eigenvalue weighted by atomic mass is 16.2. The Morgan fingerprint density at radius 2 is 1.83 bits per heavy atom. The number of piperazine rings is 1. The van der Waals surface area contributed by atoms with Crippen LogP contribution in [-0.2, 0) is 4.79 Å². The first-order valence-electron chi connectivity index (χ1n) is 7.38. The van der Waals surface area contributed by atoms with E-state index in [-0.39, 0.29) is 11.9 Å². The number of amides is 1. The second-order valence-corrected chi connectivity index (χ2v) is 5.84. The first kappa shape index (κ1) is 13.8. The zero-order chi connectivity index (χ0) is 13.0. The number of hydrogen-bond acceptors (Lipinski definition) is 3. The summed E-state index contributed by atoms with van der Waals surface area (Å²) in [6.07, 6.45) is 7.95. The molecule has 1 aliphatic carbocycles. The van der Waals surface area contributed by atoms with E-state index >= 15 is 0 Å². The predicted molar refractivity (Wildman–Crippen MR) is 73.5 cm³/mol. The summed E-state index contributed by atoms with van der Waals surface area (Å²) in [6.45, 7) is 2.86. The molecule has 1 heterocycles. The molecule has 1 unspecified atom stereocenters. The van der Waals surface area contributed by atoms with Crippen molar-refractivity contribution in [2.24, 2.45) is 0 Å². The van der Waals surface area contributed by atoms with E-state index in [1.54, 1.807) is 4.90 Å². The van der Waals surface area contributed by atoms with Crippen molar-refractivity contribution in [2.45, 2.75) is 50.6 Å². The minimum absolute atomic E-state index is 0.0526. The zero-order valence-electron chi connectivity index (χ0n) is 11.8. The van der Waals surface area contributed by atoms with Gasteiger partial charge in [-0.05, 0) is 12.8 Å². The van der Waals surface area contributed by atoms with Gasteiger partial charge in [-0.3, -0.25) is 9.69 Å². The molecule has 4 heteroatoms. The minimum Gasteiger partial charge on any atom is -0.347 e. The third-order valence-corrected chi connectivity index (χ3v) is 4.30. The van der Waals surface area contributed by atoms with E-state index in [2.05, 4.69) is 10.2 Å². The Hall–Kier alpha value is -0.610. The second-order valence-electron chi connectivity index (χ2n) is 5.84. The summed E-state index contributed by atoms with van der Waals surface area (Å²) >= 11 is 0. The van der Waals surface area contributed by atoms with Crippen LogP contribution in [0.4, 0.5) is 0 Å². The number of nitrogens with one attached hydrogen (secondary N) is 1. The monoisotopic (exact) mass is 253 g/mol. The highest BCUT2D eigenvalue weighted by Crippen LogP contribution is 2.24. The number of carbonyl (C=O) groups excluding carboxylic acids is 1. The van der Waals surface area contributed by atoms with E-state index in [9.17, 15) is 4.79 Å². The quantitative estimate of drug-likeness (QED) is 0.748. The highest BCUT2D eigenvalue weighted by Gasteiger charge is 2.34. The standard InChI is InChI=1S/C14H27N3O/c1-16(2)14(18)13-11-15-9-10-17(13)12-7-5-3-4-6-8-12/h12-13,15H,3-11H2,1-2H3. The Labute approximate surface area is 111 Å². The van der Waals surface area contributed by atoms with Gasteiger partial charge < -0.3 is 10.2 Å². The van der Waals surface area contributed by atoms with Crippen molar-refractivity contribution < 1.29 is 4.79 Å². The van der Waals surface area contributed by atoms with Gasteiger partial charge in [0.25, 0.3) is 0 Å². The van der Waals surface area contributed by atoms with Gasteiger partial charge >= 0.3 is 0 Å². The van der Waals surface area contributed by atoms with Crippen molar-refractivity contribution in [2.75, 3.05) is 33.7 Å². The summed E-state index contributed by atoms with van der Waals surface area (Å²) in [5, 5.41) is 3.37. The van der Waals surface area contributed by atoms with E-state index < -0.39 is 0 Å². The van der Waals surface area contributed by atoms with Crippen molar-refractivity contribution in [1.82, 2.24) is 15.1 Å². The lowest BCUT2D eigenvalue weighted by molar-refractivity contribution is -0.136. The van der Waals surface area contributed by atoms with Crippen LogP contribution >= 0.6 is 0 Å². The lowest BCUT2D eigenvalue weighted by atomic mass is 10.0. The van der Waals surface area contributed by atoms with Crippen molar-refractivity contribution >= 4 is 5.91 Å². The predicted octanol–water partition coefficient (Wildman–Crippen LogP) is 1.07. The van der Waals surface area contributed by atoms with Gasteiger partial charge in [0, 0.05) is 39.8 Å². The number of carbonyl (C=O) groups is 1. The molecule has 2 rings (SSSR count). The molecule has 1 saturated heterocycles. The van der Waals surface area contributed by atoms with Gasteiger partial charge in [0.2, 0.25) is 5.91 Å². The Morgan fingerprint density at radius 1 is 1.17 bits per heavy atom. The molecule has 2 fully saturated rings. The molecule has 0 radical (unpaired) electrons. The average molecular weight is 253 g/mol. The van der Waals surface area contributed by atoms with Gasteiger partial charge in [0.1, 0.15) is 6.04 Å². The van der Waals surface area contributed by atoms with Crippen LogP contribution in [0.25, 0.3) is 0 Å². The molecule has 0 spiro atoms. The second kappa shape index (κ2) is 6.53. The molecule has 2 aliphatic rings. The molecule has 1 amide bonds. The maximum absolute atomic E-state index is 12.3. The molecule has 0 aromatic heterocycles. The first-order chi connectivity index (χ1) is 8.70. The Morgan fingerprint density at radius 3 is 2.44 bits per heavy atom. The van der Waals surface area contributed by atoms with Crippen LogP contribution in [0.1, 0.15) is 38.5 Å². The van der Waals surface area contributed by atoms with Crippen LogP contribution in [0.3, 0.4) is 0 Å². The summed E-state index contributed by atoms with van der Waals surface area (Å²) in [5.74, 6) is 0.256. The SMILES string of the molecule is CN(C)C(=O)C1CNCCN1C1CCCCCC1. The van der Waals surface area contributed by atoms with E-state index in [0.29, 0.717) is 6.04 Å². The third kappa shape index (κ3) is 3.23. The molecule has 104 valence electrons. The molecule has 18 heavy (non-hydrogen) atoms. The molecule has 1 N–H and O–H groups in total. The van der Waals surface area contributed by atoms with Crippen molar-refractivity contribution in [3.63, 3.8) is 0 Å². The fourth-order valence-corrected chi connectivity index (χ4v) is 3.27. The topological polar surface area (TPSA) is 35.6 Å². The Kier molecular flexibility index (Phi) is 5.01. The van der Waals surface area contributed by atoms with Crippen LogP contribution in [0.15, 0.2) is 0 Å². The molecule has 1 saturated carbocycles. The summed E-state index contributed by atoms with van der Waals surface area (Å²) in [7, 11) is 3.73. The van der Waals surface area contributed by atoms with Gasteiger partial charge in [-0.2, -0.15) is 0 Å². The van der Waals surface area contributed by atoms with Crippen molar-refractivity contribution in [1.29, 1.82) is 0 Å². The summed E-state index contributed by atoms with van der Waals surface area (Å²) < 4.78 is 0. The average Bonchev–Trinajstić information content (AvgIpc) is 2.66. The van der Waals surface area contributed by atoms with Crippen molar-refractivity contribution in [3.05, 3.63) is 0 Å². The summed E-state index contributed by atoms with van der Waals surface area (Å²) in [4.78, 5) is 16.5. The van der Waals surface area contributed by atoms with E-state index in [4.69, 9.17) is 0 Å². The maximum Gasteiger partial charge on any atom is 0.240 e. The molecule has 1 aliphatic heterocycles. The van der Waals surface area contributed by atoms with Gasteiger partial charge in [-0.1, -0.05) is 25.7 Å². The fraction of sp³-hybridized carbons (Fsp3) is 0.929.